The third-order valence-electron chi connectivity index (χ3n) is 13.7. The summed E-state index contributed by atoms with van der Waals surface area (Å²) in [6.45, 7) is 7.33. The average Bonchev–Trinajstić information content (AvgIpc) is 3.42. The van der Waals surface area contributed by atoms with Gasteiger partial charge in [-0.05, 0) is 133 Å². The van der Waals surface area contributed by atoms with Crippen molar-refractivity contribution in [3.05, 3.63) is 199 Å². The van der Waals surface area contributed by atoms with Gasteiger partial charge in [-0.2, -0.15) is 0 Å². The topological polar surface area (TPSA) is 0 Å². The Bertz CT molecular complexity index is 3340. The molecular formula is C56H40. The minimum atomic E-state index is -0.127. The second kappa shape index (κ2) is 11.3. The Morgan fingerprint density at radius 2 is 0.982 bits per heavy atom. The first-order valence-electron chi connectivity index (χ1n) is 20.0. The van der Waals surface area contributed by atoms with E-state index in [1.165, 1.54) is 109 Å². The molecule has 0 fully saturated rings. The van der Waals surface area contributed by atoms with Gasteiger partial charge in [0, 0.05) is 5.41 Å². The fourth-order valence-electron chi connectivity index (χ4n) is 11.2. The summed E-state index contributed by atoms with van der Waals surface area (Å²) in [6, 6.07) is 61.8. The summed E-state index contributed by atoms with van der Waals surface area (Å²) in [5, 5.41) is 15.6. The zero-order valence-electron chi connectivity index (χ0n) is 31.9. The van der Waals surface area contributed by atoms with Crippen molar-refractivity contribution in [3.63, 3.8) is 0 Å². The number of fused-ring (bicyclic) bond motifs is 6. The van der Waals surface area contributed by atoms with Crippen molar-refractivity contribution in [3.8, 4) is 22.3 Å². The van der Waals surface area contributed by atoms with Crippen molar-refractivity contribution in [1.82, 2.24) is 0 Å². The average molecular weight is 713 g/mol. The molecule has 0 aliphatic heterocycles. The highest BCUT2D eigenvalue weighted by molar-refractivity contribution is 6.29. The molecule has 0 aromatic heterocycles. The van der Waals surface area contributed by atoms with Gasteiger partial charge < -0.3 is 0 Å². The van der Waals surface area contributed by atoms with Gasteiger partial charge in [-0.15, -0.1) is 0 Å². The lowest BCUT2D eigenvalue weighted by atomic mass is 9.65. The quantitative estimate of drug-likeness (QED) is 0.126. The normalized spacial score (nSPS) is 18.7. The fraction of sp³-hybridized carbons (Fsp3) is 0.107. The summed E-state index contributed by atoms with van der Waals surface area (Å²) in [4.78, 5) is 0. The van der Waals surface area contributed by atoms with Crippen LogP contribution in [-0.4, -0.2) is 0 Å². The highest BCUT2D eigenvalue weighted by atomic mass is 14.5. The van der Waals surface area contributed by atoms with E-state index in [-0.39, 0.29) is 10.8 Å². The van der Waals surface area contributed by atoms with E-state index in [9.17, 15) is 0 Å². The number of hydrogen-bond donors (Lipinski definition) is 0. The van der Waals surface area contributed by atoms with E-state index in [2.05, 4.69) is 203 Å². The minimum Gasteiger partial charge on any atom is -0.0787 e. The molecule has 2 atom stereocenters. The molecule has 0 heterocycles. The zero-order chi connectivity index (χ0) is 37.3. The Balaban J connectivity index is 1.19. The summed E-state index contributed by atoms with van der Waals surface area (Å²) in [6.07, 6.45) is 7.59. The van der Waals surface area contributed by atoms with E-state index in [1.807, 2.05) is 0 Å². The van der Waals surface area contributed by atoms with Crippen molar-refractivity contribution < 1.29 is 0 Å². The standard InChI is InChI=1S/C56H40/c1-55(2)48-17-8-9-18-49(48)56(3)33-41(26-30-50(55)56)52-42-15-6-7-16-43(42)54(45-28-24-37-21-20-35-13-10-14-36-23-27-44(45)53(37)51(35)36)46-29-25-40(32-47(46)52)39-22-19-34-11-4-5-12-38(34)31-39/h4-33,50H,1-3H3. The van der Waals surface area contributed by atoms with Crippen molar-refractivity contribution in [2.75, 3.05) is 0 Å². The van der Waals surface area contributed by atoms with Gasteiger partial charge in [-0.3, -0.25) is 0 Å². The molecule has 264 valence electrons. The van der Waals surface area contributed by atoms with Gasteiger partial charge >= 0.3 is 0 Å². The number of allylic oxidation sites excluding steroid dienone is 4. The largest absolute Gasteiger partial charge is 0.0787 e. The summed E-state index contributed by atoms with van der Waals surface area (Å²) >= 11 is 0. The first-order valence-corrected chi connectivity index (χ1v) is 20.0. The SMILES string of the molecule is CC1(C)c2ccccc2C2(C)C=C(c3c4ccccc4c(-c4ccc5ccc6cccc7ccc4c5c67)c4ccc(-c5ccc6ccccc6c5)cc34)C=CC12. The number of rotatable bonds is 3. The van der Waals surface area contributed by atoms with Gasteiger partial charge in [0.15, 0.2) is 0 Å². The van der Waals surface area contributed by atoms with Crippen LogP contribution in [0.25, 0.3) is 92.5 Å². The van der Waals surface area contributed by atoms with Gasteiger partial charge in [0.25, 0.3) is 0 Å². The van der Waals surface area contributed by atoms with Crippen LogP contribution >= 0.6 is 0 Å². The Labute approximate surface area is 327 Å². The first-order chi connectivity index (χ1) is 27.4. The van der Waals surface area contributed by atoms with E-state index in [0.717, 1.165) is 0 Å². The smallest absolute Gasteiger partial charge is 0.0187 e. The summed E-state index contributed by atoms with van der Waals surface area (Å²) in [5.41, 5.74) is 10.5. The van der Waals surface area contributed by atoms with Crippen LogP contribution in [0.3, 0.4) is 0 Å². The van der Waals surface area contributed by atoms with E-state index in [0.29, 0.717) is 5.92 Å². The van der Waals surface area contributed by atoms with E-state index < -0.39 is 0 Å². The van der Waals surface area contributed by atoms with Crippen LogP contribution in [0.2, 0.25) is 0 Å². The maximum atomic E-state index is 2.62. The molecule has 10 aromatic carbocycles. The maximum absolute atomic E-state index is 2.62. The van der Waals surface area contributed by atoms with E-state index in [1.54, 1.807) is 0 Å². The predicted molar refractivity (Wildman–Crippen MR) is 241 cm³/mol. The molecule has 2 unspecified atom stereocenters. The molecule has 56 heavy (non-hydrogen) atoms. The molecule has 0 nitrogen and oxygen atoms in total. The van der Waals surface area contributed by atoms with Crippen LogP contribution in [-0.2, 0) is 10.8 Å². The third-order valence-corrected chi connectivity index (χ3v) is 13.7. The monoisotopic (exact) mass is 712 g/mol. The molecular weight excluding hydrogens is 673 g/mol. The van der Waals surface area contributed by atoms with E-state index in [4.69, 9.17) is 0 Å². The molecule has 0 spiro atoms. The van der Waals surface area contributed by atoms with Gasteiger partial charge in [0.2, 0.25) is 0 Å². The molecule has 0 bridgehead atoms. The Morgan fingerprint density at radius 3 is 1.80 bits per heavy atom. The molecule has 10 aromatic rings. The lowest BCUT2D eigenvalue weighted by molar-refractivity contribution is 0.325. The van der Waals surface area contributed by atoms with Crippen molar-refractivity contribution in [2.45, 2.75) is 31.6 Å². The molecule has 0 saturated heterocycles. The van der Waals surface area contributed by atoms with Crippen molar-refractivity contribution >= 4 is 70.2 Å². The minimum absolute atomic E-state index is 0.0378. The van der Waals surface area contributed by atoms with E-state index >= 15 is 0 Å². The molecule has 0 N–H and O–H groups in total. The third kappa shape index (κ3) is 4.25. The van der Waals surface area contributed by atoms with Gasteiger partial charge in [0.05, 0.1) is 0 Å². The molecule has 2 aliphatic rings. The van der Waals surface area contributed by atoms with Crippen LogP contribution in [0.15, 0.2) is 182 Å². The van der Waals surface area contributed by atoms with Crippen LogP contribution in [0.5, 0.6) is 0 Å². The van der Waals surface area contributed by atoms with Crippen molar-refractivity contribution in [2.24, 2.45) is 5.92 Å². The van der Waals surface area contributed by atoms with Gasteiger partial charge in [-0.1, -0.05) is 191 Å². The second-order valence-electron chi connectivity index (χ2n) is 17.1. The Hall–Kier alpha value is -6.50. The summed E-state index contributed by atoms with van der Waals surface area (Å²) in [5.74, 6) is 0.373. The molecule has 0 amide bonds. The molecule has 12 rings (SSSR count). The predicted octanol–water partition coefficient (Wildman–Crippen LogP) is 15.2. The van der Waals surface area contributed by atoms with Crippen LogP contribution in [0.4, 0.5) is 0 Å². The van der Waals surface area contributed by atoms with Crippen LogP contribution in [0.1, 0.15) is 37.5 Å². The lowest BCUT2D eigenvalue weighted by Gasteiger charge is -2.38. The highest BCUT2D eigenvalue weighted by Crippen LogP contribution is 2.58. The highest BCUT2D eigenvalue weighted by Gasteiger charge is 2.52. The zero-order valence-corrected chi connectivity index (χ0v) is 31.9. The second-order valence-corrected chi connectivity index (χ2v) is 17.1. The Morgan fingerprint density at radius 1 is 0.411 bits per heavy atom. The maximum Gasteiger partial charge on any atom is 0.0187 e. The fourth-order valence-corrected chi connectivity index (χ4v) is 11.2. The van der Waals surface area contributed by atoms with Gasteiger partial charge in [0.1, 0.15) is 0 Å². The molecule has 0 heteroatoms. The van der Waals surface area contributed by atoms with Crippen molar-refractivity contribution in [1.29, 1.82) is 0 Å². The lowest BCUT2D eigenvalue weighted by Crippen LogP contribution is -2.34. The van der Waals surface area contributed by atoms with Crippen LogP contribution < -0.4 is 0 Å². The molecule has 0 radical (unpaired) electrons. The van der Waals surface area contributed by atoms with Crippen LogP contribution in [0, 0.1) is 5.92 Å². The number of hydrogen-bond acceptors (Lipinski definition) is 0. The summed E-state index contributed by atoms with van der Waals surface area (Å²) < 4.78 is 0. The molecule has 0 saturated carbocycles. The van der Waals surface area contributed by atoms with Gasteiger partial charge in [-0.25, -0.2) is 0 Å². The first kappa shape index (κ1) is 31.8. The Kier molecular flexibility index (Phi) is 6.41. The molecule has 2 aliphatic carbocycles. The number of benzene rings is 10. The summed E-state index contributed by atoms with van der Waals surface area (Å²) in [7, 11) is 0.